The highest BCUT2D eigenvalue weighted by atomic mass is 16.5. The van der Waals surface area contributed by atoms with Gasteiger partial charge in [0.05, 0.1) is 12.5 Å². The summed E-state index contributed by atoms with van der Waals surface area (Å²) in [6, 6.07) is 0. The quantitative estimate of drug-likeness (QED) is 0.812. The van der Waals surface area contributed by atoms with Crippen LogP contribution < -0.4 is 0 Å². The van der Waals surface area contributed by atoms with Crippen molar-refractivity contribution < 1.29 is 9.53 Å². The highest BCUT2D eigenvalue weighted by Crippen LogP contribution is 2.23. The molecule has 3 heterocycles. The Morgan fingerprint density at radius 1 is 1.53 bits per heavy atom. The maximum Gasteiger partial charge on any atom is 0.228 e. The molecule has 0 aromatic carbocycles. The minimum atomic E-state index is 0.111. The van der Waals surface area contributed by atoms with Gasteiger partial charge in [0.25, 0.3) is 0 Å². The normalized spacial score (nSPS) is 23.6. The summed E-state index contributed by atoms with van der Waals surface area (Å²) in [4.78, 5) is 18.4. The molecular formula is C14H21N3O2. The second-order valence-electron chi connectivity index (χ2n) is 5.52. The van der Waals surface area contributed by atoms with Crippen molar-refractivity contribution in [2.45, 2.75) is 26.3 Å². The van der Waals surface area contributed by atoms with Gasteiger partial charge in [-0.15, -0.1) is 0 Å². The van der Waals surface area contributed by atoms with Gasteiger partial charge in [0, 0.05) is 51.0 Å². The molecule has 5 heteroatoms. The van der Waals surface area contributed by atoms with E-state index in [1.54, 1.807) is 0 Å². The lowest BCUT2D eigenvalue weighted by Gasteiger charge is -2.40. The minimum Gasteiger partial charge on any atom is -0.381 e. The van der Waals surface area contributed by atoms with Crippen LogP contribution in [0.2, 0.25) is 0 Å². The van der Waals surface area contributed by atoms with Crippen LogP contribution in [0.5, 0.6) is 0 Å². The number of amides is 1. The average Bonchev–Trinajstić information content (AvgIpc) is 3.02. The molecule has 1 unspecified atom stereocenters. The summed E-state index contributed by atoms with van der Waals surface area (Å²) in [5.41, 5.74) is 0. The van der Waals surface area contributed by atoms with E-state index in [0.717, 1.165) is 44.9 Å². The number of carbonyl (C=O) groups excluding carboxylic acids is 1. The molecule has 2 aliphatic heterocycles. The molecule has 0 aliphatic carbocycles. The highest BCUT2D eigenvalue weighted by Gasteiger charge is 2.35. The number of carbonyl (C=O) groups is 1. The van der Waals surface area contributed by atoms with Crippen LogP contribution in [0.1, 0.15) is 19.2 Å². The SMILES string of the molecule is CCc1nccn1CC1CN(C(=O)C2CCOC2)C1. The smallest absolute Gasteiger partial charge is 0.228 e. The van der Waals surface area contributed by atoms with Crippen molar-refractivity contribution >= 4 is 5.91 Å². The van der Waals surface area contributed by atoms with Crippen molar-refractivity contribution in [3.63, 3.8) is 0 Å². The number of aromatic nitrogens is 2. The van der Waals surface area contributed by atoms with Crippen molar-refractivity contribution in [1.29, 1.82) is 0 Å². The molecule has 5 nitrogen and oxygen atoms in total. The fourth-order valence-electron chi connectivity index (χ4n) is 2.95. The third-order valence-corrected chi connectivity index (χ3v) is 4.12. The molecule has 0 bridgehead atoms. The minimum absolute atomic E-state index is 0.111. The third kappa shape index (κ3) is 2.52. The average molecular weight is 263 g/mol. The van der Waals surface area contributed by atoms with Crippen LogP contribution in [-0.2, 0) is 22.5 Å². The lowest BCUT2D eigenvalue weighted by atomic mass is 9.96. The van der Waals surface area contributed by atoms with Crippen molar-refractivity contribution in [2.24, 2.45) is 11.8 Å². The van der Waals surface area contributed by atoms with Crippen LogP contribution in [0, 0.1) is 11.8 Å². The zero-order valence-electron chi connectivity index (χ0n) is 11.4. The lowest BCUT2D eigenvalue weighted by molar-refractivity contribution is -0.142. The summed E-state index contributed by atoms with van der Waals surface area (Å²) in [7, 11) is 0. The molecular weight excluding hydrogens is 242 g/mol. The molecule has 0 radical (unpaired) electrons. The van der Waals surface area contributed by atoms with Crippen molar-refractivity contribution in [3.05, 3.63) is 18.2 Å². The van der Waals surface area contributed by atoms with E-state index >= 15 is 0 Å². The Hall–Kier alpha value is -1.36. The van der Waals surface area contributed by atoms with Crippen molar-refractivity contribution in [2.75, 3.05) is 26.3 Å². The van der Waals surface area contributed by atoms with Gasteiger partial charge < -0.3 is 14.2 Å². The Bertz CT molecular complexity index is 445. The highest BCUT2D eigenvalue weighted by molar-refractivity contribution is 5.80. The number of ether oxygens (including phenoxy) is 1. The molecule has 1 aromatic rings. The van der Waals surface area contributed by atoms with Crippen LogP contribution in [0.15, 0.2) is 12.4 Å². The molecule has 3 rings (SSSR count). The Morgan fingerprint density at radius 3 is 3.05 bits per heavy atom. The third-order valence-electron chi connectivity index (χ3n) is 4.12. The van der Waals surface area contributed by atoms with Gasteiger partial charge in [-0.2, -0.15) is 0 Å². The van der Waals surface area contributed by atoms with Gasteiger partial charge in [-0.1, -0.05) is 6.92 Å². The Balaban J connectivity index is 1.48. The van der Waals surface area contributed by atoms with Crippen LogP contribution in [0.25, 0.3) is 0 Å². The summed E-state index contributed by atoms with van der Waals surface area (Å²) < 4.78 is 7.49. The molecule has 2 saturated heterocycles. The maximum absolute atomic E-state index is 12.1. The summed E-state index contributed by atoms with van der Waals surface area (Å²) in [6.45, 7) is 6.22. The van der Waals surface area contributed by atoms with Crippen LogP contribution in [-0.4, -0.2) is 46.7 Å². The number of hydrogen-bond donors (Lipinski definition) is 0. The summed E-state index contributed by atoms with van der Waals surface area (Å²) in [6.07, 6.45) is 5.74. The van der Waals surface area contributed by atoms with Crippen LogP contribution in [0.4, 0.5) is 0 Å². The largest absolute Gasteiger partial charge is 0.381 e. The summed E-state index contributed by atoms with van der Waals surface area (Å²) in [5, 5.41) is 0. The zero-order valence-corrected chi connectivity index (χ0v) is 11.4. The van der Waals surface area contributed by atoms with E-state index in [1.807, 2.05) is 17.3 Å². The molecule has 2 fully saturated rings. The fourth-order valence-corrected chi connectivity index (χ4v) is 2.95. The first-order chi connectivity index (χ1) is 9.28. The first-order valence-corrected chi connectivity index (χ1v) is 7.14. The predicted molar refractivity (Wildman–Crippen MR) is 70.6 cm³/mol. The van der Waals surface area contributed by atoms with E-state index in [0.29, 0.717) is 12.5 Å². The molecule has 0 saturated carbocycles. The van der Waals surface area contributed by atoms with E-state index < -0.39 is 0 Å². The van der Waals surface area contributed by atoms with Gasteiger partial charge in [-0.3, -0.25) is 4.79 Å². The number of nitrogens with zero attached hydrogens (tertiary/aromatic N) is 3. The standard InChI is InChI=1S/C14H21N3O2/c1-2-13-15-4-5-16(13)7-11-8-17(9-11)14(18)12-3-6-19-10-12/h4-5,11-12H,2-3,6-10H2,1H3. The fraction of sp³-hybridized carbons (Fsp3) is 0.714. The van der Waals surface area contributed by atoms with E-state index in [4.69, 9.17) is 4.74 Å². The second-order valence-corrected chi connectivity index (χ2v) is 5.52. The lowest BCUT2D eigenvalue weighted by Crippen LogP contribution is -2.53. The number of rotatable bonds is 4. The molecule has 0 N–H and O–H groups in total. The topological polar surface area (TPSA) is 47.4 Å². The Kier molecular flexibility index (Phi) is 3.55. The van der Waals surface area contributed by atoms with Crippen LogP contribution >= 0.6 is 0 Å². The zero-order chi connectivity index (χ0) is 13.2. The van der Waals surface area contributed by atoms with Gasteiger partial charge in [-0.05, 0) is 6.42 Å². The van der Waals surface area contributed by atoms with Gasteiger partial charge in [-0.25, -0.2) is 4.98 Å². The van der Waals surface area contributed by atoms with E-state index in [-0.39, 0.29) is 11.8 Å². The number of aryl methyl sites for hydroxylation is 1. The van der Waals surface area contributed by atoms with Gasteiger partial charge in [0.1, 0.15) is 5.82 Å². The molecule has 1 aromatic heterocycles. The Labute approximate surface area is 113 Å². The maximum atomic E-state index is 12.1. The first-order valence-electron chi connectivity index (χ1n) is 7.14. The van der Waals surface area contributed by atoms with Crippen molar-refractivity contribution in [3.8, 4) is 0 Å². The number of hydrogen-bond acceptors (Lipinski definition) is 3. The Morgan fingerprint density at radius 2 is 2.37 bits per heavy atom. The molecule has 0 spiro atoms. The van der Waals surface area contributed by atoms with Gasteiger partial charge in [0.2, 0.25) is 5.91 Å². The van der Waals surface area contributed by atoms with E-state index in [9.17, 15) is 4.79 Å². The van der Waals surface area contributed by atoms with Crippen LogP contribution in [0.3, 0.4) is 0 Å². The number of likely N-dealkylation sites (tertiary alicyclic amines) is 1. The molecule has 104 valence electrons. The van der Waals surface area contributed by atoms with E-state index in [1.165, 1.54) is 0 Å². The molecule has 1 atom stereocenters. The van der Waals surface area contributed by atoms with E-state index in [2.05, 4.69) is 16.5 Å². The molecule has 19 heavy (non-hydrogen) atoms. The summed E-state index contributed by atoms with van der Waals surface area (Å²) >= 11 is 0. The number of imidazole rings is 1. The van der Waals surface area contributed by atoms with Gasteiger partial charge in [0.15, 0.2) is 0 Å². The predicted octanol–water partition coefficient (Wildman–Crippen LogP) is 0.940. The first kappa shape index (κ1) is 12.7. The van der Waals surface area contributed by atoms with Gasteiger partial charge >= 0.3 is 0 Å². The monoisotopic (exact) mass is 263 g/mol. The second kappa shape index (κ2) is 5.33. The summed E-state index contributed by atoms with van der Waals surface area (Å²) in [5.74, 6) is 2.11. The van der Waals surface area contributed by atoms with Crippen molar-refractivity contribution in [1.82, 2.24) is 14.5 Å². The molecule has 2 aliphatic rings. The molecule has 1 amide bonds.